The molecule has 43 heavy (non-hydrogen) atoms. The summed E-state index contributed by atoms with van der Waals surface area (Å²) in [6.45, 7) is 8.69. The van der Waals surface area contributed by atoms with E-state index in [1.807, 2.05) is 6.07 Å². The zero-order chi connectivity index (χ0) is 30.4. The third-order valence-corrected chi connectivity index (χ3v) is 8.76. The van der Waals surface area contributed by atoms with Crippen LogP contribution in [0.2, 0.25) is 0 Å². The first kappa shape index (κ1) is 30.1. The van der Waals surface area contributed by atoms with Crippen LogP contribution in [0.1, 0.15) is 26.7 Å². The van der Waals surface area contributed by atoms with Gasteiger partial charge >= 0.3 is 0 Å². The van der Waals surface area contributed by atoms with Crippen LogP contribution in [0.25, 0.3) is 22.2 Å². The van der Waals surface area contributed by atoms with E-state index in [4.69, 9.17) is 0 Å². The number of aromatic nitrogens is 3. The van der Waals surface area contributed by atoms with Crippen LogP contribution in [-0.2, 0) is 16.6 Å². The predicted octanol–water partition coefficient (Wildman–Crippen LogP) is 7.04. The van der Waals surface area contributed by atoms with Gasteiger partial charge in [0.25, 0.3) is 10.0 Å². The Hall–Kier alpha value is -4.35. The highest BCUT2D eigenvalue weighted by Gasteiger charge is 2.19. The zero-order valence-electron chi connectivity index (χ0n) is 24.1. The van der Waals surface area contributed by atoms with Crippen molar-refractivity contribution in [3.05, 3.63) is 97.0 Å². The van der Waals surface area contributed by atoms with Crippen molar-refractivity contribution in [3.8, 4) is 11.3 Å². The summed E-state index contributed by atoms with van der Waals surface area (Å²) >= 11 is 0. The van der Waals surface area contributed by atoms with Gasteiger partial charge in [-0.1, -0.05) is 19.9 Å². The number of sulfonamides is 1. The summed E-state index contributed by atoms with van der Waals surface area (Å²) in [6, 6.07) is 19.0. The first-order valence-corrected chi connectivity index (χ1v) is 15.7. The maximum atomic E-state index is 14.0. The fraction of sp³-hybridized carbons (Fsp3) is 0.250. The molecule has 5 aromatic rings. The minimum Gasteiger partial charge on any atom is -0.347 e. The van der Waals surface area contributed by atoms with Gasteiger partial charge in [0.05, 0.1) is 5.69 Å². The lowest BCUT2D eigenvalue weighted by Crippen LogP contribution is -2.24. The number of nitrogens with one attached hydrogen (secondary N) is 2. The topological polar surface area (TPSA) is 92.2 Å². The second-order valence-electron chi connectivity index (χ2n) is 10.2. The molecule has 0 aliphatic carbocycles. The SMILES string of the molecule is CCN(CC)CCCCn1ccc2cc(-c3cc(Nc4ccc(NS(=O)(=O)c5ccc(F)cc5F)cc4)ncn3)ccc21. The van der Waals surface area contributed by atoms with Crippen LogP contribution < -0.4 is 10.0 Å². The number of fused-ring (bicyclic) bond motifs is 1. The first-order valence-electron chi connectivity index (χ1n) is 14.2. The minimum atomic E-state index is -4.23. The van der Waals surface area contributed by atoms with E-state index in [2.05, 4.69) is 73.8 Å². The molecule has 224 valence electrons. The van der Waals surface area contributed by atoms with Gasteiger partial charge in [0.15, 0.2) is 0 Å². The molecular formula is C32H34F2N6O2S. The van der Waals surface area contributed by atoms with Crippen molar-refractivity contribution < 1.29 is 17.2 Å². The van der Waals surface area contributed by atoms with Crippen molar-refractivity contribution in [2.24, 2.45) is 0 Å². The van der Waals surface area contributed by atoms with Gasteiger partial charge in [0.2, 0.25) is 0 Å². The fourth-order valence-electron chi connectivity index (χ4n) is 4.97. The standard InChI is InChI=1S/C32H34F2N6O2S/c1-3-39(4-2)16-5-6-17-40-18-15-24-19-23(7-13-30(24)40)29-21-32(36-22-35-29)37-26-9-11-27(12-10-26)38-43(41,42)31-14-8-25(33)20-28(31)34/h7-15,18-22,38H,3-6,16-17H2,1-2H3,(H,35,36,37). The minimum absolute atomic E-state index is 0.224. The highest BCUT2D eigenvalue weighted by Crippen LogP contribution is 2.27. The van der Waals surface area contributed by atoms with Gasteiger partial charge in [-0.25, -0.2) is 27.2 Å². The van der Waals surface area contributed by atoms with Gasteiger partial charge in [-0.2, -0.15) is 0 Å². The molecule has 5 rings (SSSR count). The molecule has 2 heterocycles. The number of anilines is 3. The second kappa shape index (κ2) is 13.3. The Morgan fingerprint density at radius 3 is 2.37 bits per heavy atom. The predicted molar refractivity (Wildman–Crippen MR) is 167 cm³/mol. The lowest BCUT2D eigenvalue weighted by atomic mass is 10.1. The number of aryl methyl sites for hydroxylation is 1. The van der Waals surface area contributed by atoms with E-state index >= 15 is 0 Å². The average molecular weight is 605 g/mol. The largest absolute Gasteiger partial charge is 0.347 e. The summed E-state index contributed by atoms with van der Waals surface area (Å²) in [5.74, 6) is -1.45. The Morgan fingerprint density at radius 2 is 1.63 bits per heavy atom. The Labute approximate surface area is 250 Å². The Kier molecular flexibility index (Phi) is 9.32. The van der Waals surface area contributed by atoms with Crippen molar-refractivity contribution in [1.82, 2.24) is 19.4 Å². The van der Waals surface area contributed by atoms with Crippen LogP contribution in [0, 0.1) is 11.6 Å². The van der Waals surface area contributed by atoms with Crippen LogP contribution in [-0.4, -0.2) is 47.5 Å². The summed E-state index contributed by atoms with van der Waals surface area (Å²) in [5, 5.41) is 4.35. The molecule has 3 aromatic carbocycles. The molecule has 0 bridgehead atoms. The molecule has 0 radical (unpaired) electrons. The van der Waals surface area contributed by atoms with E-state index in [0.717, 1.165) is 61.4 Å². The van der Waals surface area contributed by atoms with Crippen LogP contribution in [0.4, 0.5) is 26.0 Å². The average Bonchev–Trinajstić information content (AvgIpc) is 3.40. The maximum Gasteiger partial charge on any atom is 0.264 e. The zero-order valence-corrected chi connectivity index (χ0v) is 24.9. The van der Waals surface area contributed by atoms with Crippen molar-refractivity contribution in [2.45, 2.75) is 38.1 Å². The van der Waals surface area contributed by atoms with E-state index in [1.54, 1.807) is 12.1 Å². The molecule has 0 amide bonds. The highest BCUT2D eigenvalue weighted by molar-refractivity contribution is 7.92. The summed E-state index contributed by atoms with van der Waals surface area (Å²) in [7, 11) is -4.23. The number of halogens is 2. The van der Waals surface area contributed by atoms with Gasteiger partial charge < -0.3 is 14.8 Å². The molecule has 0 saturated carbocycles. The van der Waals surface area contributed by atoms with Crippen LogP contribution in [0.5, 0.6) is 0 Å². The van der Waals surface area contributed by atoms with Gasteiger partial charge in [-0.3, -0.25) is 4.72 Å². The maximum absolute atomic E-state index is 14.0. The monoisotopic (exact) mass is 604 g/mol. The molecule has 0 atom stereocenters. The molecule has 0 unspecified atom stereocenters. The molecule has 8 nitrogen and oxygen atoms in total. The Bertz CT molecular complexity index is 1800. The van der Waals surface area contributed by atoms with Crippen molar-refractivity contribution in [3.63, 3.8) is 0 Å². The number of hydrogen-bond donors (Lipinski definition) is 2. The second-order valence-corrected chi connectivity index (χ2v) is 11.8. The molecule has 0 fully saturated rings. The van der Waals surface area contributed by atoms with Gasteiger partial charge in [0.1, 0.15) is 28.7 Å². The highest BCUT2D eigenvalue weighted by atomic mass is 32.2. The van der Waals surface area contributed by atoms with E-state index in [-0.39, 0.29) is 5.69 Å². The smallest absolute Gasteiger partial charge is 0.264 e. The van der Waals surface area contributed by atoms with Crippen LogP contribution in [0.15, 0.2) is 90.2 Å². The number of rotatable bonds is 13. The van der Waals surface area contributed by atoms with Gasteiger partial charge in [-0.15, -0.1) is 0 Å². The summed E-state index contributed by atoms with van der Waals surface area (Å²) in [6.07, 6.45) is 5.93. The summed E-state index contributed by atoms with van der Waals surface area (Å²) < 4.78 is 56.9. The van der Waals surface area contributed by atoms with Crippen molar-refractivity contribution in [1.29, 1.82) is 0 Å². The summed E-state index contributed by atoms with van der Waals surface area (Å²) in [5.41, 5.74) is 3.81. The first-order chi connectivity index (χ1) is 20.8. The van der Waals surface area contributed by atoms with Crippen LogP contribution >= 0.6 is 0 Å². The van der Waals surface area contributed by atoms with E-state index < -0.39 is 26.6 Å². The van der Waals surface area contributed by atoms with E-state index in [0.29, 0.717) is 17.6 Å². The van der Waals surface area contributed by atoms with Crippen molar-refractivity contribution >= 4 is 38.1 Å². The third kappa shape index (κ3) is 7.36. The number of unbranched alkanes of at least 4 members (excludes halogenated alkanes) is 1. The third-order valence-electron chi connectivity index (χ3n) is 7.34. The van der Waals surface area contributed by atoms with E-state index in [9.17, 15) is 17.2 Å². The van der Waals surface area contributed by atoms with Gasteiger partial charge in [-0.05, 0) is 87.1 Å². The molecule has 0 saturated heterocycles. The molecular weight excluding hydrogens is 570 g/mol. The number of benzene rings is 3. The Morgan fingerprint density at radius 1 is 0.860 bits per heavy atom. The van der Waals surface area contributed by atoms with Crippen LogP contribution in [0.3, 0.4) is 0 Å². The van der Waals surface area contributed by atoms with E-state index in [1.165, 1.54) is 30.4 Å². The van der Waals surface area contributed by atoms with Gasteiger partial charge in [0, 0.05) is 52.7 Å². The molecule has 0 spiro atoms. The molecule has 2 N–H and O–H groups in total. The van der Waals surface area contributed by atoms with Crippen molar-refractivity contribution in [2.75, 3.05) is 29.7 Å². The molecule has 0 aliphatic heterocycles. The number of hydrogen-bond acceptors (Lipinski definition) is 6. The molecule has 0 aliphatic rings. The summed E-state index contributed by atoms with van der Waals surface area (Å²) in [4.78, 5) is 10.6. The molecule has 11 heteroatoms. The molecule has 2 aromatic heterocycles. The quantitative estimate of drug-likeness (QED) is 0.140. The Balaban J connectivity index is 1.23. The normalized spacial score (nSPS) is 11.7. The lowest BCUT2D eigenvalue weighted by Gasteiger charge is -2.17. The fourth-order valence-corrected chi connectivity index (χ4v) is 6.09. The lowest BCUT2D eigenvalue weighted by molar-refractivity contribution is 0.294. The number of nitrogens with zero attached hydrogens (tertiary/aromatic N) is 4.